The molecule has 1 aromatic rings. The monoisotopic (exact) mass is 220 g/mol. The second kappa shape index (κ2) is 6.67. The van der Waals surface area contributed by atoms with Gasteiger partial charge in [-0.2, -0.15) is 0 Å². The van der Waals surface area contributed by atoms with Crippen LogP contribution < -0.4 is 4.74 Å². The van der Waals surface area contributed by atoms with Gasteiger partial charge in [0, 0.05) is 6.08 Å². The molecular weight excluding hydrogens is 204 g/mol. The Hall–Kier alpha value is -1.77. The molecule has 0 atom stereocenters. The van der Waals surface area contributed by atoms with Crippen LogP contribution in [0.25, 0.3) is 0 Å². The van der Waals surface area contributed by atoms with E-state index in [1.54, 1.807) is 20.1 Å². The standard InChI is InChI=1S/C13H16O3/c1-3-16-13(14)6-4-5-11-7-9-12(15-2)10-8-11/h4,6-10H,3,5H2,1-2H3. The van der Waals surface area contributed by atoms with E-state index in [4.69, 9.17) is 9.47 Å². The molecule has 0 saturated heterocycles. The molecule has 1 aromatic carbocycles. The topological polar surface area (TPSA) is 35.5 Å². The van der Waals surface area contributed by atoms with Gasteiger partial charge < -0.3 is 9.47 Å². The zero-order valence-corrected chi connectivity index (χ0v) is 9.60. The van der Waals surface area contributed by atoms with Crippen molar-refractivity contribution >= 4 is 5.97 Å². The highest BCUT2D eigenvalue weighted by molar-refractivity contribution is 5.81. The van der Waals surface area contributed by atoms with Gasteiger partial charge in [-0.15, -0.1) is 0 Å². The highest BCUT2D eigenvalue weighted by Gasteiger charge is 1.94. The summed E-state index contributed by atoms with van der Waals surface area (Å²) < 4.78 is 9.82. The predicted octanol–water partition coefficient (Wildman–Crippen LogP) is 2.36. The number of ether oxygens (including phenoxy) is 2. The van der Waals surface area contributed by atoms with E-state index in [0.717, 1.165) is 11.3 Å². The molecule has 3 heteroatoms. The van der Waals surface area contributed by atoms with Crippen LogP contribution in [0, 0.1) is 0 Å². The van der Waals surface area contributed by atoms with E-state index in [1.807, 2.05) is 24.3 Å². The van der Waals surface area contributed by atoms with Crippen LogP contribution in [0.1, 0.15) is 12.5 Å². The third kappa shape index (κ3) is 4.17. The zero-order chi connectivity index (χ0) is 11.8. The molecule has 3 nitrogen and oxygen atoms in total. The number of carbonyl (C=O) groups excluding carboxylic acids is 1. The first-order chi connectivity index (χ1) is 7.76. The van der Waals surface area contributed by atoms with Crippen LogP contribution in [0.4, 0.5) is 0 Å². The van der Waals surface area contributed by atoms with Gasteiger partial charge in [0.05, 0.1) is 13.7 Å². The van der Waals surface area contributed by atoms with Gasteiger partial charge in [0.25, 0.3) is 0 Å². The molecule has 0 amide bonds. The van der Waals surface area contributed by atoms with E-state index >= 15 is 0 Å². The van der Waals surface area contributed by atoms with Crippen molar-refractivity contribution in [1.29, 1.82) is 0 Å². The highest BCUT2D eigenvalue weighted by atomic mass is 16.5. The third-order valence-electron chi connectivity index (χ3n) is 2.05. The van der Waals surface area contributed by atoms with Crippen molar-refractivity contribution < 1.29 is 14.3 Å². The Morgan fingerprint density at radius 3 is 2.56 bits per heavy atom. The van der Waals surface area contributed by atoms with Crippen molar-refractivity contribution in [3.8, 4) is 5.75 Å². The van der Waals surface area contributed by atoms with Gasteiger partial charge in [0.2, 0.25) is 0 Å². The fourth-order valence-corrected chi connectivity index (χ4v) is 1.24. The van der Waals surface area contributed by atoms with Gasteiger partial charge in [-0.05, 0) is 31.0 Å². The largest absolute Gasteiger partial charge is 0.497 e. The van der Waals surface area contributed by atoms with Crippen molar-refractivity contribution in [3.63, 3.8) is 0 Å². The van der Waals surface area contributed by atoms with Crippen molar-refractivity contribution in [2.75, 3.05) is 13.7 Å². The maximum atomic E-state index is 11.0. The minimum absolute atomic E-state index is 0.295. The summed E-state index contributed by atoms with van der Waals surface area (Å²) in [7, 11) is 1.63. The Labute approximate surface area is 95.7 Å². The summed E-state index contributed by atoms with van der Waals surface area (Å²) in [5, 5.41) is 0. The van der Waals surface area contributed by atoms with Crippen LogP contribution in [-0.4, -0.2) is 19.7 Å². The van der Waals surface area contributed by atoms with E-state index in [2.05, 4.69) is 0 Å². The van der Waals surface area contributed by atoms with Crippen LogP contribution in [0.2, 0.25) is 0 Å². The molecule has 0 unspecified atom stereocenters. The fourth-order valence-electron chi connectivity index (χ4n) is 1.24. The molecule has 0 aromatic heterocycles. The predicted molar refractivity (Wildman–Crippen MR) is 62.5 cm³/mol. The Kier molecular flexibility index (Phi) is 5.12. The molecule has 0 aliphatic rings. The van der Waals surface area contributed by atoms with Crippen molar-refractivity contribution in [1.82, 2.24) is 0 Å². The number of benzene rings is 1. The first kappa shape index (κ1) is 12.3. The van der Waals surface area contributed by atoms with Crippen molar-refractivity contribution in [2.45, 2.75) is 13.3 Å². The molecule has 0 saturated carbocycles. The maximum absolute atomic E-state index is 11.0. The molecule has 0 spiro atoms. The van der Waals surface area contributed by atoms with Gasteiger partial charge in [0.15, 0.2) is 0 Å². The number of esters is 1. The average molecular weight is 220 g/mol. The van der Waals surface area contributed by atoms with Gasteiger partial charge in [-0.3, -0.25) is 0 Å². The molecule has 0 heterocycles. The second-order valence-corrected chi connectivity index (χ2v) is 3.21. The van der Waals surface area contributed by atoms with Crippen molar-refractivity contribution in [3.05, 3.63) is 42.0 Å². The number of rotatable bonds is 5. The SMILES string of the molecule is CCOC(=O)C=CCc1ccc(OC)cc1. The summed E-state index contributed by atoms with van der Waals surface area (Å²) >= 11 is 0. The van der Waals surface area contributed by atoms with E-state index < -0.39 is 0 Å². The lowest BCUT2D eigenvalue weighted by Gasteiger charge is -2.00. The first-order valence-electron chi connectivity index (χ1n) is 5.22. The molecule has 0 aliphatic heterocycles. The summed E-state index contributed by atoms with van der Waals surface area (Å²) in [6.45, 7) is 2.20. The Morgan fingerprint density at radius 2 is 2.00 bits per heavy atom. The smallest absolute Gasteiger partial charge is 0.330 e. The Morgan fingerprint density at radius 1 is 1.31 bits per heavy atom. The molecule has 0 radical (unpaired) electrons. The van der Waals surface area contributed by atoms with E-state index in [0.29, 0.717) is 13.0 Å². The van der Waals surface area contributed by atoms with E-state index in [-0.39, 0.29) is 5.97 Å². The summed E-state index contributed by atoms with van der Waals surface area (Å²) in [5.41, 5.74) is 1.13. The molecule has 0 aliphatic carbocycles. The third-order valence-corrected chi connectivity index (χ3v) is 2.05. The lowest BCUT2D eigenvalue weighted by molar-refractivity contribution is -0.137. The Balaban J connectivity index is 2.45. The van der Waals surface area contributed by atoms with E-state index in [9.17, 15) is 4.79 Å². The van der Waals surface area contributed by atoms with Crippen LogP contribution >= 0.6 is 0 Å². The molecule has 1 rings (SSSR count). The fraction of sp³-hybridized carbons (Fsp3) is 0.308. The van der Waals surface area contributed by atoms with Gasteiger partial charge >= 0.3 is 5.97 Å². The Bertz CT molecular complexity index is 352. The minimum Gasteiger partial charge on any atom is -0.497 e. The highest BCUT2D eigenvalue weighted by Crippen LogP contribution is 2.11. The number of hydrogen-bond acceptors (Lipinski definition) is 3. The molecule has 16 heavy (non-hydrogen) atoms. The second-order valence-electron chi connectivity index (χ2n) is 3.21. The van der Waals surface area contributed by atoms with Crippen LogP contribution in [0.15, 0.2) is 36.4 Å². The van der Waals surface area contributed by atoms with Crippen LogP contribution in [0.5, 0.6) is 5.75 Å². The lowest BCUT2D eigenvalue weighted by atomic mass is 10.1. The summed E-state index contributed by atoms with van der Waals surface area (Å²) in [5.74, 6) is 0.536. The number of allylic oxidation sites excluding steroid dienone is 1. The first-order valence-corrected chi connectivity index (χ1v) is 5.22. The zero-order valence-electron chi connectivity index (χ0n) is 9.60. The molecule has 86 valence electrons. The summed E-state index contributed by atoms with van der Waals surface area (Å²) in [6, 6.07) is 7.73. The lowest BCUT2D eigenvalue weighted by Crippen LogP contribution is -1.99. The van der Waals surface area contributed by atoms with Gasteiger partial charge in [-0.25, -0.2) is 4.79 Å². The molecule has 0 bridgehead atoms. The number of carbonyl (C=O) groups is 1. The van der Waals surface area contributed by atoms with Crippen LogP contribution in [0.3, 0.4) is 0 Å². The summed E-state index contributed by atoms with van der Waals surface area (Å²) in [6.07, 6.45) is 3.95. The van der Waals surface area contributed by atoms with Crippen molar-refractivity contribution in [2.24, 2.45) is 0 Å². The number of methoxy groups -OCH3 is 1. The minimum atomic E-state index is -0.295. The molecule has 0 fully saturated rings. The number of hydrogen-bond donors (Lipinski definition) is 0. The normalized spacial score (nSPS) is 10.4. The maximum Gasteiger partial charge on any atom is 0.330 e. The molecule has 0 N–H and O–H groups in total. The van der Waals surface area contributed by atoms with E-state index in [1.165, 1.54) is 6.08 Å². The average Bonchev–Trinajstić information content (AvgIpc) is 2.30. The summed E-state index contributed by atoms with van der Waals surface area (Å²) in [4.78, 5) is 11.0. The van der Waals surface area contributed by atoms with Gasteiger partial charge in [-0.1, -0.05) is 18.2 Å². The molecular formula is C13H16O3. The van der Waals surface area contributed by atoms with Crippen LogP contribution in [-0.2, 0) is 16.0 Å². The quantitative estimate of drug-likeness (QED) is 0.564. The van der Waals surface area contributed by atoms with Gasteiger partial charge in [0.1, 0.15) is 5.75 Å².